The first-order chi connectivity index (χ1) is 12.4. The molecule has 0 aliphatic rings. The van der Waals surface area contributed by atoms with Crippen LogP contribution in [0, 0.1) is 0 Å². The first-order valence-corrected chi connectivity index (χ1v) is 10.1. The van der Waals surface area contributed by atoms with E-state index in [2.05, 4.69) is 10.0 Å². The first kappa shape index (κ1) is 20.2. The fraction of sp³-hybridized carbons (Fsp3) is 0.278. The third-order valence-electron chi connectivity index (χ3n) is 3.39. The van der Waals surface area contributed by atoms with Crippen molar-refractivity contribution < 1.29 is 17.9 Å². The van der Waals surface area contributed by atoms with E-state index in [1.165, 1.54) is 12.1 Å². The standard InChI is InChI=1S/C18H21ClN2O4S/c1-2-13-25-16-9-5-4-8-15(16)21-18(22)11-12-20-26(23,24)17-10-6-3-7-14(17)19/h3-10,20H,2,11-13H2,1H3,(H,21,22). The van der Waals surface area contributed by atoms with Crippen molar-refractivity contribution in [1.82, 2.24) is 4.72 Å². The van der Waals surface area contributed by atoms with Crippen molar-refractivity contribution >= 4 is 33.2 Å². The minimum atomic E-state index is -3.77. The number of carbonyl (C=O) groups excluding carboxylic acids is 1. The van der Waals surface area contributed by atoms with E-state index < -0.39 is 10.0 Å². The van der Waals surface area contributed by atoms with Crippen LogP contribution in [0.5, 0.6) is 5.75 Å². The second-order valence-electron chi connectivity index (χ2n) is 5.47. The van der Waals surface area contributed by atoms with Gasteiger partial charge in [0.05, 0.1) is 17.3 Å². The van der Waals surface area contributed by atoms with Crippen LogP contribution in [-0.4, -0.2) is 27.5 Å². The third-order valence-corrected chi connectivity index (χ3v) is 5.35. The van der Waals surface area contributed by atoms with Gasteiger partial charge in [-0.1, -0.05) is 42.8 Å². The molecule has 0 atom stereocenters. The van der Waals surface area contributed by atoms with Crippen molar-refractivity contribution in [3.05, 3.63) is 53.6 Å². The zero-order valence-corrected chi connectivity index (χ0v) is 15.9. The van der Waals surface area contributed by atoms with Crippen LogP contribution in [0.3, 0.4) is 0 Å². The zero-order chi connectivity index (χ0) is 19.0. The lowest BCUT2D eigenvalue weighted by molar-refractivity contribution is -0.116. The molecule has 0 radical (unpaired) electrons. The molecule has 8 heteroatoms. The molecule has 0 spiro atoms. The zero-order valence-electron chi connectivity index (χ0n) is 14.4. The predicted molar refractivity (Wildman–Crippen MR) is 102 cm³/mol. The number of hydrogen-bond donors (Lipinski definition) is 2. The Bertz CT molecular complexity index is 856. The Morgan fingerprint density at radius 2 is 1.81 bits per heavy atom. The van der Waals surface area contributed by atoms with Gasteiger partial charge in [0.25, 0.3) is 0 Å². The van der Waals surface area contributed by atoms with Crippen LogP contribution in [-0.2, 0) is 14.8 Å². The molecule has 0 saturated carbocycles. The van der Waals surface area contributed by atoms with Crippen LogP contribution in [0.4, 0.5) is 5.69 Å². The van der Waals surface area contributed by atoms with E-state index in [9.17, 15) is 13.2 Å². The summed E-state index contributed by atoms with van der Waals surface area (Å²) in [5.74, 6) is 0.263. The summed E-state index contributed by atoms with van der Waals surface area (Å²) in [5, 5.41) is 2.86. The van der Waals surface area contributed by atoms with Gasteiger partial charge in [0.15, 0.2) is 0 Å². The quantitative estimate of drug-likeness (QED) is 0.680. The smallest absolute Gasteiger partial charge is 0.242 e. The lowest BCUT2D eigenvalue weighted by atomic mass is 10.2. The molecule has 2 rings (SSSR count). The molecule has 2 N–H and O–H groups in total. The number of hydrogen-bond acceptors (Lipinski definition) is 4. The lowest BCUT2D eigenvalue weighted by Gasteiger charge is -2.12. The minimum Gasteiger partial charge on any atom is -0.491 e. The van der Waals surface area contributed by atoms with Crippen LogP contribution >= 0.6 is 11.6 Å². The summed E-state index contributed by atoms with van der Waals surface area (Å²) in [6, 6.07) is 13.2. The van der Waals surface area contributed by atoms with Gasteiger partial charge in [0.1, 0.15) is 10.6 Å². The number of amides is 1. The van der Waals surface area contributed by atoms with Crippen molar-refractivity contribution in [3.63, 3.8) is 0 Å². The summed E-state index contributed by atoms with van der Waals surface area (Å²) in [4.78, 5) is 12.1. The Labute approximate surface area is 158 Å². The number of para-hydroxylation sites is 2. The number of benzene rings is 2. The SMILES string of the molecule is CCCOc1ccccc1NC(=O)CCNS(=O)(=O)c1ccccc1Cl. The molecule has 0 bridgehead atoms. The predicted octanol–water partition coefficient (Wildman–Crippen LogP) is 3.44. The first-order valence-electron chi connectivity index (χ1n) is 8.20. The molecule has 6 nitrogen and oxygen atoms in total. The number of rotatable bonds is 9. The normalized spacial score (nSPS) is 11.2. The van der Waals surface area contributed by atoms with Crippen molar-refractivity contribution in [2.24, 2.45) is 0 Å². The maximum Gasteiger partial charge on any atom is 0.242 e. The molecule has 2 aromatic carbocycles. The molecule has 140 valence electrons. The van der Waals surface area contributed by atoms with Gasteiger partial charge in [-0.3, -0.25) is 4.79 Å². The Kier molecular flexibility index (Phi) is 7.44. The molecular formula is C18H21ClN2O4S. The molecule has 26 heavy (non-hydrogen) atoms. The lowest BCUT2D eigenvalue weighted by Crippen LogP contribution is -2.28. The van der Waals surface area contributed by atoms with Crippen LogP contribution in [0.1, 0.15) is 19.8 Å². The Hall–Kier alpha value is -2.09. The summed E-state index contributed by atoms with van der Waals surface area (Å²) in [6.45, 7) is 2.49. The van der Waals surface area contributed by atoms with E-state index >= 15 is 0 Å². The van der Waals surface area contributed by atoms with E-state index in [4.69, 9.17) is 16.3 Å². The third kappa shape index (κ3) is 5.72. The highest BCUT2D eigenvalue weighted by molar-refractivity contribution is 7.89. The van der Waals surface area contributed by atoms with Crippen molar-refractivity contribution in [2.45, 2.75) is 24.7 Å². The number of nitrogens with one attached hydrogen (secondary N) is 2. The Morgan fingerprint density at radius 3 is 2.54 bits per heavy atom. The molecule has 0 heterocycles. The van der Waals surface area contributed by atoms with Gasteiger partial charge in [0.2, 0.25) is 15.9 Å². The molecule has 2 aromatic rings. The molecule has 0 saturated heterocycles. The van der Waals surface area contributed by atoms with Gasteiger partial charge in [-0.15, -0.1) is 0 Å². The highest BCUT2D eigenvalue weighted by Crippen LogP contribution is 2.24. The van der Waals surface area contributed by atoms with Crippen LogP contribution < -0.4 is 14.8 Å². The van der Waals surface area contributed by atoms with Crippen molar-refractivity contribution in [3.8, 4) is 5.75 Å². The van der Waals surface area contributed by atoms with E-state index in [0.717, 1.165) is 6.42 Å². The molecule has 0 unspecified atom stereocenters. The molecule has 0 aliphatic heterocycles. The molecular weight excluding hydrogens is 376 g/mol. The summed E-state index contributed by atoms with van der Waals surface area (Å²) >= 11 is 5.90. The van der Waals surface area contributed by atoms with Gasteiger partial charge in [-0.25, -0.2) is 13.1 Å². The fourth-order valence-corrected chi connectivity index (χ4v) is 3.71. The second-order valence-corrected chi connectivity index (χ2v) is 7.61. The number of ether oxygens (including phenoxy) is 1. The largest absolute Gasteiger partial charge is 0.491 e. The Balaban J connectivity index is 1.91. The molecule has 0 fully saturated rings. The molecule has 0 aromatic heterocycles. The second kappa shape index (κ2) is 9.56. The number of sulfonamides is 1. The van der Waals surface area contributed by atoms with E-state index in [1.54, 1.807) is 30.3 Å². The average Bonchev–Trinajstić information content (AvgIpc) is 2.61. The highest BCUT2D eigenvalue weighted by atomic mass is 35.5. The molecule has 0 aliphatic carbocycles. The number of carbonyl (C=O) groups is 1. The van der Waals surface area contributed by atoms with Crippen LogP contribution in [0.15, 0.2) is 53.4 Å². The van der Waals surface area contributed by atoms with Crippen LogP contribution in [0.2, 0.25) is 5.02 Å². The summed E-state index contributed by atoms with van der Waals surface area (Å²) in [5.41, 5.74) is 0.555. The Morgan fingerprint density at radius 1 is 1.12 bits per heavy atom. The van der Waals surface area contributed by atoms with Crippen molar-refractivity contribution in [2.75, 3.05) is 18.5 Å². The maximum absolute atomic E-state index is 12.2. The molecule has 1 amide bonds. The van der Waals surface area contributed by atoms with Gasteiger partial charge < -0.3 is 10.1 Å². The van der Waals surface area contributed by atoms with E-state index in [1.807, 2.05) is 13.0 Å². The summed E-state index contributed by atoms with van der Waals surface area (Å²) < 4.78 is 32.4. The van der Waals surface area contributed by atoms with Crippen molar-refractivity contribution in [1.29, 1.82) is 0 Å². The topological polar surface area (TPSA) is 84.5 Å². The number of halogens is 1. The average molecular weight is 397 g/mol. The van der Waals surface area contributed by atoms with E-state index in [0.29, 0.717) is 18.0 Å². The number of anilines is 1. The van der Waals surface area contributed by atoms with E-state index in [-0.39, 0.29) is 28.8 Å². The minimum absolute atomic E-state index is 0.0135. The van der Waals surface area contributed by atoms with Gasteiger partial charge in [-0.05, 0) is 30.7 Å². The van der Waals surface area contributed by atoms with Gasteiger partial charge in [-0.2, -0.15) is 0 Å². The van der Waals surface area contributed by atoms with Gasteiger partial charge >= 0.3 is 0 Å². The summed E-state index contributed by atoms with van der Waals surface area (Å²) in [7, 11) is -3.77. The summed E-state index contributed by atoms with van der Waals surface area (Å²) in [6.07, 6.45) is 0.831. The monoisotopic (exact) mass is 396 g/mol. The highest BCUT2D eigenvalue weighted by Gasteiger charge is 2.17. The fourth-order valence-electron chi connectivity index (χ4n) is 2.16. The van der Waals surface area contributed by atoms with Crippen LogP contribution in [0.25, 0.3) is 0 Å². The maximum atomic E-state index is 12.2. The van der Waals surface area contributed by atoms with Gasteiger partial charge in [0, 0.05) is 13.0 Å².